The zero-order valence-electron chi connectivity index (χ0n) is 83.3. The van der Waals surface area contributed by atoms with Crippen LogP contribution in [0, 0.1) is 0 Å². The van der Waals surface area contributed by atoms with Crippen LogP contribution in [0.3, 0.4) is 0 Å². The minimum absolute atomic E-state index is 0. The first-order valence-electron chi connectivity index (χ1n) is 49.5. The zero-order valence-corrected chi connectivity index (χ0v) is 86.4. The molecule has 0 amide bonds. The summed E-state index contributed by atoms with van der Waals surface area (Å²) in [5, 5.41) is 11.3. The first kappa shape index (κ1) is 99.2. The highest BCUT2D eigenvalue weighted by Gasteiger charge is 2.35. The lowest BCUT2D eigenvalue weighted by Crippen LogP contribution is -2.15. The number of halogens is 2. The molecule has 0 saturated carbocycles. The highest BCUT2D eigenvalue weighted by Crippen LogP contribution is 2.59. The molecule has 22 aromatic rings. The van der Waals surface area contributed by atoms with E-state index in [1.54, 1.807) is 0 Å². The Morgan fingerprint density at radius 2 is 0.424 bits per heavy atom. The van der Waals surface area contributed by atoms with Crippen molar-refractivity contribution in [2.75, 3.05) is 15.1 Å². The lowest BCUT2D eigenvalue weighted by molar-refractivity contribution is 0.590. The third kappa shape index (κ3) is 19.8. The van der Waals surface area contributed by atoms with Crippen LogP contribution in [0.15, 0.2) is 439 Å². The minimum Gasteiger partial charge on any atom is -0.455 e. The Kier molecular flexibility index (Phi) is 28.6. The van der Waals surface area contributed by atoms with E-state index in [0.29, 0.717) is 17.8 Å². The summed E-state index contributed by atoms with van der Waals surface area (Å²) in [6.07, 6.45) is 0. The molecule has 4 heterocycles. The Hall–Kier alpha value is -15.0. The number of rotatable bonds is 19. The standard InChI is InChI=1S/C76H70N2O2.C38H22Br2O2.C19H25N.2CH4/c1-49(2)51-31-39-59(40-32-51)77(61-43-35-57(36-44-61)75(5,6)7)65-47-63-67(53-23-15-11-16-24-53)71(55-27-19-13-20-28-55)80-74(63)70-66(78(60-41-33-52(34-42-60)50(3)4)62-45-37-58(38-46-62)76(8,9)10)48-64-68(54-25-17-12-18-26-54)72(79-73(64)69(65)70)56-29-21-14-22-30-56;39-29-21-27-31(23-13-5-1-6-14-23)35(25-17-9-3-10-18-25)41-37(27)33-30(40)22-28-32(24-15-7-2-8-16-24)36(42-38(28)34(29)33)26-19-11-4-12-20-26;1-14(2)15-6-10-17(11-7-15)20-18-12-8-16(9-13-18)19(3,4)5;;/h11-50H,1-10H3;1-22H;6-14,20H,1-5H3;2*1H4. The smallest absolute Gasteiger partial charge is 0.145 e. The molecule has 0 saturated heterocycles. The van der Waals surface area contributed by atoms with Crippen LogP contribution < -0.4 is 15.1 Å². The summed E-state index contributed by atoms with van der Waals surface area (Å²) in [6.45, 7) is 33.9. The second kappa shape index (κ2) is 41.5. The van der Waals surface area contributed by atoms with Crippen LogP contribution in [0.4, 0.5) is 45.5 Å². The molecule has 0 aliphatic rings. The fraction of sp³-hybridized carbons (Fsp3) is 0.170. The number of nitrogens with zero attached hydrogens (tertiary/aromatic N) is 2. The molecule has 9 heteroatoms. The molecule has 18 aromatic carbocycles. The van der Waals surface area contributed by atoms with E-state index in [0.717, 1.165) is 210 Å². The maximum atomic E-state index is 7.74. The average molecular weight is 2010 g/mol. The zero-order chi connectivity index (χ0) is 98.4. The molecule has 718 valence electrons. The van der Waals surface area contributed by atoms with E-state index in [1.807, 2.05) is 48.5 Å². The molecule has 144 heavy (non-hydrogen) atoms. The molecular formula is C135H125Br2N3O4. The van der Waals surface area contributed by atoms with Gasteiger partial charge < -0.3 is 32.8 Å². The van der Waals surface area contributed by atoms with Crippen molar-refractivity contribution in [2.24, 2.45) is 0 Å². The molecule has 0 aliphatic heterocycles. The van der Waals surface area contributed by atoms with Crippen molar-refractivity contribution in [1.29, 1.82) is 0 Å². The van der Waals surface area contributed by atoms with Crippen LogP contribution in [0.1, 0.15) is 170 Å². The molecule has 0 spiro atoms. The fourth-order valence-electron chi connectivity index (χ4n) is 19.6. The quantitative estimate of drug-likeness (QED) is 0.0865. The molecule has 0 atom stereocenters. The van der Waals surface area contributed by atoms with Crippen LogP contribution in [0.5, 0.6) is 0 Å². The summed E-state index contributed by atoms with van der Waals surface area (Å²) in [5.74, 6) is 4.58. The molecule has 22 rings (SSSR count). The number of nitrogens with one attached hydrogen (secondary N) is 1. The van der Waals surface area contributed by atoms with Gasteiger partial charge in [0, 0.05) is 120 Å². The van der Waals surface area contributed by atoms with Crippen molar-refractivity contribution >= 4 is 143 Å². The molecule has 0 radical (unpaired) electrons. The fourth-order valence-corrected chi connectivity index (χ4v) is 20.9. The van der Waals surface area contributed by atoms with Gasteiger partial charge >= 0.3 is 0 Å². The van der Waals surface area contributed by atoms with Crippen molar-refractivity contribution in [3.63, 3.8) is 0 Å². The highest BCUT2D eigenvalue weighted by atomic mass is 79.9. The molecule has 0 fully saturated rings. The van der Waals surface area contributed by atoms with Crippen molar-refractivity contribution < 1.29 is 17.7 Å². The van der Waals surface area contributed by atoms with E-state index in [2.05, 4.69) is 515 Å². The number of hydrogen-bond donors (Lipinski definition) is 1. The average Bonchev–Trinajstić information content (AvgIpc) is 1.55. The third-order valence-corrected chi connectivity index (χ3v) is 28.6. The summed E-state index contributed by atoms with van der Waals surface area (Å²) < 4.78 is 31.1. The van der Waals surface area contributed by atoms with Gasteiger partial charge in [-0.1, -0.05) is 434 Å². The van der Waals surface area contributed by atoms with E-state index in [1.165, 1.54) is 33.4 Å². The molecule has 7 nitrogen and oxygen atoms in total. The van der Waals surface area contributed by atoms with Gasteiger partial charge in [-0.25, -0.2) is 0 Å². The van der Waals surface area contributed by atoms with Crippen molar-refractivity contribution in [2.45, 2.75) is 153 Å². The molecule has 0 aliphatic carbocycles. The Labute approximate surface area is 866 Å². The molecule has 1 N–H and O–H groups in total. The van der Waals surface area contributed by atoms with Crippen LogP contribution >= 0.6 is 31.9 Å². The number of fused-ring (bicyclic) bond motifs is 10. The van der Waals surface area contributed by atoms with Gasteiger partial charge in [0.25, 0.3) is 0 Å². The van der Waals surface area contributed by atoms with Gasteiger partial charge in [0.05, 0.1) is 22.1 Å². The van der Waals surface area contributed by atoms with Gasteiger partial charge in [-0.15, -0.1) is 0 Å². The summed E-state index contributed by atoms with van der Waals surface area (Å²) in [7, 11) is 0. The third-order valence-electron chi connectivity index (χ3n) is 27.4. The van der Waals surface area contributed by atoms with Crippen molar-refractivity contribution in [3.8, 4) is 89.8 Å². The molecular weight excluding hydrogens is 1890 g/mol. The summed E-state index contributed by atoms with van der Waals surface area (Å²) >= 11 is 7.94. The monoisotopic (exact) mass is 2010 g/mol. The second-order valence-corrected chi connectivity index (χ2v) is 42.9. The van der Waals surface area contributed by atoms with E-state index in [9.17, 15) is 0 Å². The molecule has 0 unspecified atom stereocenters. The van der Waals surface area contributed by atoms with Crippen molar-refractivity contribution in [3.05, 3.63) is 455 Å². The Bertz CT molecular complexity index is 7790. The number of anilines is 8. The van der Waals surface area contributed by atoms with Gasteiger partial charge in [0.2, 0.25) is 0 Å². The Morgan fingerprint density at radius 1 is 0.229 bits per heavy atom. The van der Waals surface area contributed by atoms with Gasteiger partial charge in [-0.2, -0.15) is 0 Å². The van der Waals surface area contributed by atoms with E-state index in [-0.39, 0.29) is 31.1 Å². The summed E-state index contributed by atoms with van der Waals surface area (Å²) in [5.41, 5.74) is 32.0. The van der Waals surface area contributed by atoms with E-state index >= 15 is 0 Å². The normalized spacial score (nSPS) is 11.7. The predicted molar refractivity (Wildman–Crippen MR) is 623 cm³/mol. The lowest BCUT2D eigenvalue weighted by atomic mass is 9.87. The lowest BCUT2D eigenvalue weighted by Gasteiger charge is -2.31. The van der Waals surface area contributed by atoms with Gasteiger partial charge in [0.1, 0.15) is 45.4 Å². The van der Waals surface area contributed by atoms with Crippen LogP contribution in [-0.4, -0.2) is 0 Å². The maximum absolute atomic E-state index is 7.74. The molecule has 0 bridgehead atoms. The first-order chi connectivity index (χ1) is 68.7. The number of hydrogen-bond acceptors (Lipinski definition) is 7. The van der Waals surface area contributed by atoms with E-state index in [4.69, 9.17) is 17.7 Å². The first-order valence-corrected chi connectivity index (χ1v) is 51.0. The van der Waals surface area contributed by atoms with Crippen molar-refractivity contribution in [1.82, 2.24) is 0 Å². The highest BCUT2D eigenvalue weighted by molar-refractivity contribution is 9.11. The summed E-state index contributed by atoms with van der Waals surface area (Å²) in [4.78, 5) is 4.91. The largest absolute Gasteiger partial charge is 0.455 e. The van der Waals surface area contributed by atoms with Crippen LogP contribution in [0.2, 0.25) is 0 Å². The van der Waals surface area contributed by atoms with Gasteiger partial charge in [-0.3, -0.25) is 0 Å². The van der Waals surface area contributed by atoms with Crippen LogP contribution in [0.25, 0.3) is 155 Å². The number of furan rings is 4. The predicted octanol–water partition coefficient (Wildman–Crippen LogP) is 42.4. The Morgan fingerprint density at radius 3 is 0.653 bits per heavy atom. The molecule has 4 aromatic heterocycles. The summed E-state index contributed by atoms with van der Waals surface area (Å²) in [6, 6.07) is 147. The minimum atomic E-state index is -0.0536. The Balaban J connectivity index is 0.000000176. The maximum Gasteiger partial charge on any atom is 0.145 e. The van der Waals surface area contributed by atoms with E-state index < -0.39 is 0 Å². The van der Waals surface area contributed by atoms with Crippen LogP contribution in [-0.2, 0) is 16.2 Å². The topological polar surface area (TPSA) is 71.1 Å². The SMILES string of the molecule is Brc1cc2c(-c3ccccc3)c(-c3ccccc3)oc2c2c(Br)cc3c(-c4ccccc4)c(-c4ccccc4)oc3c12.C.C.CC(C)c1ccc(N(c2ccc(C(C)(C)C)cc2)c2cc3c(-c4ccccc4)c(-c4ccccc4)oc3c3c(N(c4ccc(C(C)C)cc4)c4ccc(C(C)(C)C)cc4)cc4c(-c5ccccc5)c(-c5ccccc5)oc4c23)cc1.CC(C)c1ccc(Nc2ccc(C(C)(C)C)cc2)cc1. The van der Waals surface area contributed by atoms with Gasteiger partial charge in [0.15, 0.2) is 0 Å². The number of benzene rings is 18. The van der Waals surface area contributed by atoms with Gasteiger partial charge in [-0.05, 0) is 219 Å². The second-order valence-electron chi connectivity index (χ2n) is 41.2.